The molecule has 0 aromatic heterocycles. The standard InChI is InChI=1S/C34H45N3O5.ClH/c1-3-4-21-37(2)31(38)30(27-10-6-5-7-11-27)35-33(41)34(37)17-19-36(20-18-34)23-25-13-15-29(16-14-25)42-24-26-9-8-12-28(22-26)32(39)40;/h8-9,12-16,22,27,30H,3-7,10-11,17-21,23-24H2,1-2H3,(H-,35,39,40,41);1H/p+1/t30-,37?;/m0./s1. The van der Waals surface area contributed by atoms with Gasteiger partial charge in [-0.05, 0) is 60.6 Å². The number of hydrogen-bond donors (Lipinski definition) is 2. The number of nitrogens with zero attached hydrogens (tertiary/aromatic N) is 2. The molecule has 1 saturated carbocycles. The lowest BCUT2D eigenvalue weighted by Crippen LogP contribution is -2.81. The predicted molar refractivity (Wildman–Crippen MR) is 168 cm³/mol. The highest BCUT2D eigenvalue weighted by Crippen LogP contribution is 2.41. The third-order valence-electron chi connectivity index (χ3n) is 10.1. The van der Waals surface area contributed by atoms with Gasteiger partial charge in [-0.3, -0.25) is 9.69 Å². The van der Waals surface area contributed by atoms with Crippen molar-refractivity contribution in [1.82, 2.24) is 10.2 Å². The number of quaternary nitrogens is 1. The monoisotopic (exact) mass is 612 g/mol. The molecule has 2 aromatic rings. The molecule has 8 nitrogen and oxygen atoms in total. The number of unbranched alkanes of at least 4 members (excludes halogenated alkanes) is 1. The lowest BCUT2D eigenvalue weighted by atomic mass is 9.75. The second kappa shape index (κ2) is 14.2. The van der Waals surface area contributed by atoms with E-state index in [1.54, 1.807) is 18.2 Å². The van der Waals surface area contributed by atoms with Crippen molar-refractivity contribution in [3.8, 4) is 5.75 Å². The van der Waals surface area contributed by atoms with Crippen LogP contribution in [0.3, 0.4) is 0 Å². The topological polar surface area (TPSA) is 95.9 Å². The summed E-state index contributed by atoms with van der Waals surface area (Å²) < 4.78 is 6.14. The van der Waals surface area contributed by atoms with Crippen LogP contribution >= 0.6 is 12.4 Å². The smallest absolute Gasteiger partial charge is 0.337 e. The molecule has 43 heavy (non-hydrogen) atoms. The summed E-state index contributed by atoms with van der Waals surface area (Å²) in [7, 11) is 2.05. The molecular weight excluding hydrogens is 566 g/mol. The van der Waals surface area contributed by atoms with Crippen LogP contribution in [0.15, 0.2) is 48.5 Å². The van der Waals surface area contributed by atoms with Crippen LogP contribution in [-0.2, 0) is 22.7 Å². The molecule has 2 N–H and O–H groups in total. The highest BCUT2D eigenvalue weighted by molar-refractivity contribution is 5.95. The first kappa shape index (κ1) is 33.0. The van der Waals surface area contributed by atoms with Gasteiger partial charge in [0, 0.05) is 32.5 Å². The lowest BCUT2D eigenvalue weighted by Gasteiger charge is -2.55. The highest BCUT2D eigenvalue weighted by atomic mass is 35.5. The first-order chi connectivity index (χ1) is 20.3. The van der Waals surface area contributed by atoms with Crippen LogP contribution in [0.5, 0.6) is 5.75 Å². The molecule has 2 aliphatic heterocycles. The summed E-state index contributed by atoms with van der Waals surface area (Å²) in [5.74, 6) is 0.369. The molecule has 3 aliphatic rings. The van der Waals surface area contributed by atoms with Crippen molar-refractivity contribution in [1.29, 1.82) is 0 Å². The average Bonchev–Trinajstić information content (AvgIpc) is 3.02. The average molecular weight is 613 g/mol. The van der Waals surface area contributed by atoms with Crippen molar-refractivity contribution in [2.24, 2.45) is 5.92 Å². The third kappa shape index (κ3) is 6.92. The van der Waals surface area contributed by atoms with E-state index in [9.17, 15) is 19.5 Å². The van der Waals surface area contributed by atoms with E-state index in [0.717, 1.165) is 81.6 Å². The molecule has 2 amide bonds. The quantitative estimate of drug-likeness (QED) is 0.341. The Bertz CT molecular complexity index is 1270. The van der Waals surface area contributed by atoms with Gasteiger partial charge >= 0.3 is 11.9 Å². The normalized spacial score (nSPS) is 24.3. The summed E-state index contributed by atoms with van der Waals surface area (Å²) in [4.78, 5) is 41.7. The minimum atomic E-state index is -0.950. The number of likely N-dealkylation sites (N-methyl/N-ethyl adjacent to an activating group) is 1. The van der Waals surface area contributed by atoms with Gasteiger partial charge in [0.05, 0.1) is 19.2 Å². The number of carbonyl (C=O) groups excluding carboxylic acids is 2. The summed E-state index contributed by atoms with van der Waals surface area (Å²) in [5.41, 5.74) is 1.53. The summed E-state index contributed by atoms with van der Waals surface area (Å²) in [6, 6.07) is 14.4. The number of piperazine rings is 1. The molecule has 2 saturated heterocycles. The first-order valence-corrected chi connectivity index (χ1v) is 15.7. The Balaban J connectivity index is 0.00000423. The summed E-state index contributed by atoms with van der Waals surface area (Å²) >= 11 is 0. The number of halogens is 1. The van der Waals surface area contributed by atoms with E-state index in [4.69, 9.17) is 4.74 Å². The number of aromatic carboxylic acids is 1. The first-order valence-electron chi connectivity index (χ1n) is 15.7. The molecule has 9 heteroatoms. The van der Waals surface area contributed by atoms with E-state index in [1.807, 2.05) is 18.2 Å². The number of likely N-dealkylation sites (tertiary alicyclic amines) is 1. The molecule has 1 spiro atoms. The van der Waals surface area contributed by atoms with Crippen molar-refractivity contribution in [2.75, 3.05) is 26.7 Å². The van der Waals surface area contributed by atoms with Crippen molar-refractivity contribution in [3.05, 3.63) is 65.2 Å². The minimum Gasteiger partial charge on any atom is -0.489 e. The zero-order valence-corrected chi connectivity index (χ0v) is 26.4. The Morgan fingerprint density at radius 1 is 1.05 bits per heavy atom. The van der Waals surface area contributed by atoms with Gasteiger partial charge in [-0.25, -0.2) is 14.1 Å². The van der Waals surface area contributed by atoms with Gasteiger partial charge in [-0.2, -0.15) is 0 Å². The van der Waals surface area contributed by atoms with E-state index in [-0.39, 0.29) is 46.2 Å². The minimum absolute atomic E-state index is 0. The van der Waals surface area contributed by atoms with Gasteiger partial charge < -0.3 is 15.2 Å². The lowest BCUT2D eigenvalue weighted by molar-refractivity contribution is -0.883. The molecule has 5 rings (SSSR count). The number of carbonyl (C=O) groups is 3. The number of amides is 2. The Labute approximate surface area is 261 Å². The number of ether oxygens (including phenoxy) is 1. The summed E-state index contributed by atoms with van der Waals surface area (Å²) in [6.45, 7) is 5.50. The molecule has 1 unspecified atom stereocenters. The Morgan fingerprint density at radius 2 is 1.74 bits per heavy atom. The van der Waals surface area contributed by atoms with E-state index in [0.29, 0.717) is 19.4 Å². The second-order valence-electron chi connectivity index (χ2n) is 12.7. The predicted octanol–water partition coefficient (Wildman–Crippen LogP) is 5.57. The summed E-state index contributed by atoms with van der Waals surface area (Å²) in [6.07, 6.45) is 8.91. The zero-order valence-electron chi connectivity index (χ0n) is 25.6. The Hall–Kier alpha value is -2.94. The van der Waals surface area contributed by atoms with E-state index >= 15 is 0 Å². The van der Waals surface area contributed by atoms with Crippen LogP contribution in [0.2, 0.25) is 0 Å². The largest absolute Gasteiger partial charge is 0.489 e. The fraction of sp³-hybridized carbons (Fsp3) is 0.559. The number of hydrogen-bond acceptors (Lipinski definition) is 5. The molecule has 0 radical (unpaired) electrons. The van der Waals surface area contributed by atoms with Gasteiger partial charge in [0.15, 0.2) is 5.54 Å². The maximum absolute atomic E-state index is 14.2. The molecule has 0 bridgehead atoms. The fourth-order valence-corrected chi connectivity index (χ4v) is 7.38. The molecular formula is C34H47ClN3O5+. The molecule has 1 aliphatic carbocycles. The molecule has 3 fully saturated rings. The molecule has 2 heterocycles. The molecule has 2 atom stereocenters. The van der Waals surface area contributed by atoms with E-state index in [1.165, 1.54) is 6.42 Å². The van der Waals surface area contributed by atoms with Crippen molar-refractivity contribution in [3.63, 3.8) is 0 Å². The fourth-order valence-electron chi connectivity index (χ4n) is 7.38. The van der Waals surface area contributed by atoms with Crippen molar-refractivity contribution >= 4 is 30.2 Å². The number of carboxylic acids is 1. The van der Waals surface area contributed by atoms with Crippen LogP contribution in [-0.4, -0.2) is 70.5 Å². The number of carboxylic acid groups (broad SMARTS) is 1. The van der Waals surface area contributed by atoms with Gasteiger partial charge in [-0.1, -0.05) is 56.9 Å². The summed E-state index contributed by atoms with van der Waals surface area (Å²) in [5, 5.41) is 12.5. The SMILES string of the molecule is CCCC[N+]1(C)C(=O)[C@H](C2CCCCC2)NC(=O)C12CCN(Cc1ccc(OCc3cccc(C(=O)O)c3)cc1)CC2.Cl. The van der Waals surface area contributed by atoms with Crippen LogP contribution in [0.1, 0.15) is 86.2 Å². The Kier molecular flexibility index (Phi) is 10.9. The number of piperidine rings is 1. The molecule has 234 valence electrons. The van der Waals surface area contributed by atoms with Gasteiger partial charge in [0.2, 0.25) is 0 Å². The van der Waals surface area contributed by atoms with Crippen molar-refractivity contribution < 1.29 is 28.7 Å². The van der Waals surface area contributed by atoms with E-state index in [2.05, 4.69) is 36.3 Å². The van der Waals surface area contributed by atoms with Gasteiger partial charge in [0.1, 0.15) is 18.4 Å². The second-order valence-corrected chi connectivity index (χ2v) is 12.7. The molecule has 2 aromatic carbocycles. The number of benzene rings is 2. The van der Waals surface area contributed by atoms with Gasteiger partial charge in [0.25, 0.3) is 5.91 Å². The van der Waals surface area contributed by atoms with Crippen LogP contribution < -0.4 is 10.1 Å². The van der Waals surface area contributed by atoms with Crippen LogP contribution in [0, 0.1) is 5.92 Å². The third-order valence-corrected chi connectivity index (χ3v) is 10.1. The maximum atomic E-state index is 14.2. The van der Waals surface area contributed by atoms with Crippen LogP contribution in [0.25, 0.3) is 0 Å². The highest BCUT2D eigenvalue weighted by Gasteiger charge is 2.64. The zero-order chi connectivity index (χ0) is 29.7. The maximum Gasteiger partial charge on any atom is 0.337 e. The van der Waals surface area contributed by atoms with E-state index < -0.39 is 11.5 Å². The van der Waals surface area contributed by atoms with Crippen molar-refractivity contribution in [2.45, 2.75) is 89.4 Å². The number of nitrogens with one attached hydrogen (secondary N) is 1. The van der Waals surface area contributed by atoms with Crippen LogP contribution in [0.4, 0.5) is 0 Å². The van der Waals surface area contributed by atoms with Gasteiger partial charge in [-0.15, -0.1) is 12.4 Å². The number of rotatable bonds is 10. The Morgan fingerprint density at radius 3 is 2.40 bits per heavy atom.